The highest BCUT2D eigenvalue weighted by Crippen LogP contribution is 2.43. The van der Waals surface area contributed by atoms with E-state index in [0.717, 1.165) is 112 Å². The first kappa shape index (κ1) is 45.8. The Hall–Kier alpha value is -0.230. The van der Waals surface area contributed by atoms with Crippen LogP contribution in [0, 0.1) is 0 Å². The number of hydrogen-bond donors (Lipinski definition) is 3. The molecule has 0 aliphatic carbocycles. The molecule has 272 valence electrons. The van der Waals surface area contributed by atoms with Gasteiger partial charge in [0, 0.05) is 0 Å². The summed E-state index contributed by atoms with van der Waals surface area (Å²) in [5, 5.41) is 30.9. The monoisotopic (exact) mass is 730 g/mol. The molecular formula is C33H63O9PS3. The van der Waals surface area contributed by atoms with Gasteiger partial charge >= 0.3 is 26.5 Å². The summed E-state index contributed by atoms with van der Waals surface area (Å²) < 4.78 is 15.3. The average molecular weight is 731 g/mol. The third-order valence-corrected chi connectivity index (χ3v) is 11.3. The molecule has 0 rings (SSSR count). The molecule has 0 aromatic heterocycles. The van der Waals surface area contributed by atoms with Gasteiger partial charge in [-0.15, -0.1) is 35.3 Å². The van der Waals surface area contributed by atoms with Gasteiger partial charge in [0.05, 0.1) is 0 Å². The van der Waals surface area contributed by atoms with Crippen molar-refractivity contribution in [1.29, 1.82) is 0 Å². The maximum Gasteiger partial charge on any atom is 0.537 e. The standard InChI is InChI=1S/C33H63O9PS3/c1-4-7-10-13-16-19-22-25-44-31(37)28(34)40-43(41-29(35)32(38)45-26-23-20-17-14-11-8-5-2)42-30(36)33(39)46-27-24-21-18-15-12-9-6-3/h31-33,37-39H,4-27H2,1-3H3. The number of aliphatic hydroxyl groups excluding tert-OH is 3. The minimum absolute atomic E-state index is 0.531. The first-order chi connectivity index (χ1) is 22.3. The van der Waals surface area contributed by atoms with Crippen molar-refractivity contribution in [3.05, 3.63) is 0 Å². The molecule has 3 N–H and O–H groups in total. The van der Waals surface area contributed by atoms with Crippen LogP contribution in [0.4, 0.5) is 0 Å². The quantitative estimate of drug-likeness (QED) is 0.0337. The Morgan fingerprint density at radius 2 is 0.652 bits per heavy atom. The largest absolute Gasteiger partial charge is 0.537 e. The van der Waals surface area contributed by atoms with E-state index >= 15 is 0 Å². The minimum Gasteiger partial charge on any atom is -0.372 e. The summed E-state index contributed by atoms with van der Waals surface area (Å²) in [5.74, 6) is -1.75. The number of carbonyl (C=O) groups is 3. The normalized spacial score (nSPS) is 14.0. The fourth-order valence-corrected chi connectivity index (χ4v) is 7.78. The zero-order valence-electron chi connectivity index (χ0n) is 28.7. The highest BCUT2D eigenvalue weighted by molar-refractivity contribution is 8.00. The van der Waals surface area contributed by atoms with Crippen molar-refractivity contribution in [2.45, 2.75) is 172 Å². The lowest BCUT2D eigenvalue weighted by Gasteiger charge is -2.19. The van der Waals surface area contributed by atoms with E-state index in [1.165, 1.54) is 57.8 Å². The first-order valence-electron chi connectivity index (χ1n) is 17.6. The molecule has 0 heterocycles. The summed E-state index contributed by atoms with van der Waals surface area (Å²) in [4.78, 5) is 37.7. The van der Waals surface area contributed by atoms with E-state index in [1.807, 2.05) is 0 Å². The molecule has 0 bridgehead atoms. The van der Waals surface area contributed by atoms with Crippen LogP contribution < -0.4 is 0 Å². The summed E-state index contributed by atoms with van der Waals surface area (Å²) in [7, 11) is -2.94. The van der Waals surface area contributed by atoms with Crippen LogP contribution in [0.5, 0.6) is 0 Å². The van der Waals surface area contributed by atoms with Gasteiger partial charge in [0.1, 0.15) is 0 Å². The van der Waals surface area contributed by atoms with Gasteiger partial charge in [-0.25, -0.2) is 14.4 Å². The maximum atomic E-state index is 12.6. The predicted octanol–water partition coefficient (Wildman–Crippen LogP) is 9.25. The van der Waals surface area contributed by atoms with Crippen LogP contribution in [0.3, 0.4) is 0 Å². The molecule has 0 saturated carbocycles. The van der Waals surface area contributed by atoms with E-state index in [4.69, 9.17) is 13.6 Å². The number of hydrogen-bond acceptors (Lipinski definition) is 12. The Labute approximate surface area is 293 Å². The third-order valence-electron chi connectivity index (χ3n) is 7.17. The van der Waals surface area contributed by atoms with E-state index in [1.54, 1.807) is 0 Å². The second kappa shape index (κ2) is 33.3. The molecular weight excluding hydrogens is 668 g/mol. The van der Waals surface area contributed by atoms with Gasteiger partial charge in [-0.05, 0) is 36.5 Å². The van der Waals surface area contributed by atoms with E-state index < -0.39 is 42.8 Å². The van der Waals surface area contributed by atoms with Gasteiger partial charge in [0.2, 0.25) is 0 Å². The van der Waals surface area contributed by atoms with Crippen LogP contribution in [0.2, 0.25) is 0 Å². The molecule has 0 amide bonds. The molecule has 0 spiro atoms. The predicted molar refractivity (Wildman–Crippen MR) is 195 cm³/mol. The molecule has 3 unspecified atom stereocenters. The van der Waals surface area contributed by atoms with Crippen LogP contribution in [0.15, 0.2) is 0 Å². The highest BCUT2D eigenvalue weighted by atomic mass is 32.2. The van der Waals surface area contributed by atoms with Crippen LogP contribution in [-0.4, -0.2) is 66.8 Å². The Balaban J connectivity index is 4.81. The Kier molecular flexibility index (Phi) is 33.1. The highest BCUT2D eigenvalue weighted by Gasteiger charge is 2.35. The van der Waals surface area contributed by atoms with Crippen molar-refractivity contribution in [3.63, 3.8) is 0 Å². The zero-order chi connectivity index (χ0) is 34.3. The average Bonchev–Trinajstić information content (AvgIpc) is 3.04. The Morgan fingerprint density at radius 3 is 0.891 bits per heavy atom. The lowest BCUT2D eigenvalue weighted by molar-refractivity contribution is -0.148. The van der Waals surface area contributed by atoms with Gasteiger partial charge in [-0.2, -0.15) is 0 Å². The third kappa shape index (κ3) is 27.7. The van der Waals surface area contributed by atoms with Crippen LogP contribution in [0.1, 0.15) is 156 Å². The van der Waals surface area contributed by atoms with Gasteiger partial charge in [0.25, 0.3) is 0 Å². The fourth-order valence-electron chi connectivity index (χ4n) is 4.38. The molecule has 0 saturated heterocycles. The number of carbonyl (C=O) groups excluding carboxylic acids is 3. The zero-order valence-corrected chi connectivity index (χ0v) is 32.0. The summed E-state index contributed by atoms with van der Waals surface area (Å²) in [6, 6.07) is 0. The topological polar surface area (TPSA) is 140 Å². The van der Waals surface area contributed by atoms with Crippen molar-refractivity contribution in [1.82, 2.24) is 0 Å². The molecule has 0 aromatic carbocycles. The molecule has 0 aliphatic rings. The molecule has 0 aromatic rings. The molecule has 9 nitrogen and oxygen atoms in total. The summed E-state index contributed by atoms with van der Waals surface area (Å²) in [6.07, 6.45) is 23.1. The smallest absolute Gasteiger partial charge is 0.372 e. The molecule has 3 atom stereocenters. The first-order valence-corrected chi connectivity index (χ1v) is 21.8. The van der Waals surface area contributed by atoms with Gasteiger partial charge in [-0.3, -0.25) is 0 Å². The van der Waals surface area contributed by atoms with Gasteiger partial charge < -0.3 is 28.9 Å². The summed E-state index contributed by atoms with van der Waals surface area (Å²) >= 11 is 2.98. The van der Waals surface area contributed by atoms with E-state index in [0.29, 0.717) is 17.3 Å². The molecule has 0 radical (unpaired) electrons. The van der Waals surface area contributed by atoms with Gasteiger partial charge in [-0.1, -0.05) is 136 Å². The lowest BCUT2D eigenvalue weighted by atomic mass is 10.1. The molecule has 0 aliphatic heterocycles. The second-order valence-electron chi connectivity index (χ2n) is 11.5. The Morgan fingerprint density at radius 1 is 0.435 bits per heavy atom. The van der Waals surface area contributed by atoms with Crippen molar-refractivity contribution < 1.29 is 43.3 Å². The van der Waals surface area contributed by atoms with Crippen molar-refractivity contribution in [2.75, 3.05) is 17.3 Å². The SMILES string of the molecule is CCCCCCCCCSC(O)C(=O)OP(OC(=O)C(O)SCCCCCCCCC)OC(=O)C(O)SCCCCCCCCC. The van der Waals surface area contributed by atoms with E-state index in [-0.39, 0.29) is 0 Å². The minimum atomic E-state index is -2.94. The van der Waals surface area contributed by atoms with Crippen molar-refractivity contribution >= 4 is 61.8 Å². The van der Waals surface area contributed by atoms with Crippen molar-refractivity contribution in [3.8, 4) is 0 Å². The summed E-state index contributed by atoms with van der Waals surface area (Å²) in [6.45, 7) is 6.51. The lowest BCUT2D eigenvalue weighted by Crippen LogP contribution is -2.25. The number of unbranched alkanes of at least 4 members (excludes halogenated alkanes) is 18. The molecule has 13 heteroatoms. The number of aliphatic hydroxyl groups is 3. The number of thioether (sulfide) groups is 3. The molecule has 46 heavy (non-hydrogen) atoms. The molecule has 0 fully saturated rings. The summed E-state index contributed by atoms with van der Waals surface area (Å²) in [5.41, 5.74) is -4.68. The Bertz CT molecular complexity index is 656. The van der Waals surface area contributed by atoms with E-state index in [9.17, 15) is 29.7 Å². The van der Waals surface area contributed by atoms with E-state index in [2.05, 4.69) is 20.8 Å². The van der Waals surface area contributed by atoms with Gasteiger partial charge in [0.15, 0.2) is 16.3 Å². The van der Waals surface area contributed by atoms with Crippen LogP contribution >= 0.6 is 43.9 Å². The van der Waals surface area contributed by atoms with Crippen LogP contribution in [0.25, 0.3) is 0 Å². The maximum absolute atomic E-state index is 12.6. The fraction of sp³-hybridized carbons (Fsp3) is 0.909. The van der Waals surface area contributed by atoms with Crippen LogP contribution in [-0.2, 0) is 28.0 Å². The second-order valence-corrected chi connectivity index (χ2v) is 16.0. The number of rotatable bonds is 33. The van der Waals surface area contributed by atoms with Crippen molar-refractivity contribution in [2.24, 2.45) is 0 Å².